The molecule has 1 saturated heterocycles. The number of likely N-dealkylation sites (tertiary alicyclic amines) is 1. The fraction of sp³-hybridized carbons (Fsp3) is 0.444. The number of benzene rings is 1. The highest BCUT2D eigenvalue weighted by atomic mass is 16.5. The van der Waals surface area contributed by atoms with Crippen LogP contribution in [-0.4, -0.2) is 53.4 Å². The minimum Gasteiger partial charge on any atom is -0.492 e. The monoisotopic (exact) mass is 327 g/mol. The van der Waals surface area contributed by atoms with Gasteiger partial charge in [0.05, 0.1) is 18.8 Å². The van der Waals surface area contributed by atoms with Gasteiger partial charge in [-0.2, -0.15) is 5.10 Å². The molecule has 0 spiro atoms. The van der Waals surface area contributed by atoms with Gasteiger partial charge in [-0.25, -0.2) is 0 Å². The first kappa shape index (κ1) is 16.5. The van der Waals surface area contributed by atoms with Crippen molar-refractivity contribution in [3.05, 3.63) is 36.7 Å². The fourth-order valence-corrected chi connectivity index (χ4v) is 2.97. The first-order chi connectivity index (χ1) is 11.6. The van der Waals surface area contributed by atoms with Crippen LogP contribution < -0.4 is 10.1 Å². The fourth-order valence-electron chi connectivity index (χ4n) is 2.97. The quantitative estimate of drug-likeness (QED) is 0.817. The SMILES string of the molecule is CN1CCCC1C(=O)NCCOc1c[c]cc(-c2cnn(C)c2)c1. The van der Waals surface area contributed by atoms with E-state index in [9.17, 15) is 4.79 Å². The van der Waals surface area contributed by atoms with E-state index in [0.29, 0.717) is 13.2 Å². The van der Waals surface area contributed by atoms with Crippen molar-refractivity contribution in [3.63, 3.8) is 0 Å². The molecular weight excluding hydrogens is 304 g/mol. The van der Waals surface area contributed by atoms with Gasteiger partial charge in [-0.3, -0.25) is 14.4 Å². The average molecular weight is 327 g/mol. The van der Waals surface area contributed by atoms with E-state index < -0.39 is 0 Å². The van der Waals surface area contributed by atoms with E-state index in [2.05, 4.69) is 21.4 Å². The number of ether oxygens (including phenoxy) is 1. The molecule has 24 heavy (non-hydrogen) atoms. The maximum absolute atomic E-state index is 12.1. The van der Waals surface area contributed by atoms with E-state index in [0.717, 1.165) is 36.3 Å². The molecule has 1 aliphatic rings. The second-order valence-corrected chi connectivity index (χ2v) is 6.14. The van der Waals surface area contributed by atoms with Crippen molar-refractivity contribution < 1.29 is 9.53 Å². The summed E-state index contributed by atoms with van der Waals surface area (Å²) in [6.07, 6.45) is 5.78. The summed E-state index contributed by atoms with van der Waals surface area (Å²) >= 11 is 0. The number of nitrogens with one attached hydrogen (secondary N) is 1. The molecule has 0 bridgehead atoms. The van der Waals surface area contributed by atoms with Crippen LogP contribution in [0.3, 0.4) is 0 Å². The zero-order valence-corrected chi connectivity index (χ0v) is 14.2. The number of hydrogen-bond donors (Lipinski definition) is 1. The van der Waals surface area contributed by atoms with Crippen LogP contribution in [0.1, 0.15) is 12.8 Å². The Balaban J connectivity index is 1.48. The predicted octanol–water partition coefficient (Wildman–Crippen LogP) is 1.48. The molecule has 3 rings (SSSR count). The van der Waals surface area contributed by atoms with Crippen LogP contribution in [0, 0.1) is 6.07 Å². The Morgan fingerprint density at radius 1 is 1.42 bits per heavy atom. The van der Waals surface area contributed by atoms with E-state index in [1.807, 2.05) is 38.6 Å². The number of carbonyl (C=O) groups is 1. The van der Waals surface area contributed by atoms with E-state index in [1.54, 1.807) is 10.7 Å². The van der Waals surface area contributed by atoms with Crippen molar-refractivity contribution >= 4 is 5.91 Å². The summed E-state index contributed by atoms with van der Waals surface area (Å²) in [5.74, 6) is 0.831. The standard InChI is InChI=1S/C18H23N4O2/c1-21-9-4-7-17(21)18(23)19-8-10-24-16-6-3-5-14(11-16)15-12-20-22(2)13-15/h5-6,11-13,17H,4,7-10H2,1-2H3,(H,19,23). The van der Waals surface area contributed by atoms with Crippen molar-refractivity contribution in [2.24, 2.45) is 7.05 Å². The van der Waals surface area contributed by atoms with Crippen molar-refractivity contribution in [2.45, 2.75) is 18.9 Å². The summed E-state index contributed by atoms with van der Waals surface area (Å²) in [7, 11) is 3.88. The van der Waals surface area contributed by atoms with Gasteiger partial charge in [-0.05, 0) is 56.3 Å². The van der Waals surface area contributed by atoms with Crippen molar-refractivity contribution in [1.82, 2.24) is 20.0 Å². The Hall–Kier alpha value is -2.34. The van der Waals surface area contributed by atoms with Gasteiger partial charge in [0.2, 0.25) is 5.91 Å². The molecule has 2 heterocycles. The van der Waals surface area contributed by atoms with E-state index in [-0.39, 0.29) is 11.9 Å². The molecule has 1 aliphatic heterocycles. The van der Waals surface area contributed by atoms with Gasteiger partial charge in [-0.15, -0.1) is 0 Å². The van der Waals surface area contributed by atoms with Crippen molar-refractivity contribution in [3.8, 4) is 16.9 Å². The summed E-state index contributed by atoms with van der Waals surface area (Å²) in [5, 5.41) is 7.12. The normalized spacial score (nSPS) is 17.8. The third-order valence-corrected chi connectivity index (χ3v) is 4.29. The molecule has 1 amide bonds. The van der Waals surface area contributed by atoms with Gasteiger partial charge >= 0.3 is 0 Å². The second kappa shape index (κ2) is 7.49. The molecule has 1 fully saturated rings. The third kappa shape index (κ3) is 3.94. The summed E-state index contributed by atoms with van der Waals surface area (Å²) in [5.41, 5.74) is 2.04. The molecular formula is C18H23N4O2. The third-order valence-electron chi connectivity index (χ3n) is 4.29. The van der Waals surface area contributed by atoms with Gasteiger partial charge in [-0.1, -0.05) is 0 Å². The largest absolute Gasteiger partial charge is 0.492 e. The number of nitrogens with zero attached hydrogens (tertiary/aromatic N) is 3. The Labute approximate surface area is 142 Å². The minimum absolute atomic E-state index is 0.00671. The van der Waals surface area contributed by atoms with Crippen molar-refractivity contribution in [1.29, 1.82) is 0 Å². The summed E-state index contributed by atoms with van der Waals surface area (Å²) < 4.78 is 7.49. The number of amides is 1. The van der Waals surface area contributed by atoms with Crippen LogP contribution in [-0.2, 0) is 11.8 Å². The molecule has 1 unspecified atom stereocenters. The highest BCUT2D eigenvalue weighted by molar-refractivity contribution is 5.81. The van der Waals surface area contributed by atoms with Crippen molar-refractivity contribution in [2.75, 3.05) is 26.7 Å². The Bertz CT molecular complexity index is 698. The molecule has 1 N–H and O–H groups in total. The van der Waals surface area contributed by atoms with E-state index in [4.69, 9.17) is 4.74 Å². The molecule has 6 heteroatoms. The zero-order valence-electron chi connectivity index (χ0n) is 14.2. The van der Waals surface area contributed by atoms with Gasteiger partial charge in [0.1, 0.15) is 12.4 Å². The van der Waals surface area contributed by atoms with Crippen LogP contribution in [0.4, 0.5) is 0 Å². The van der Waals surface area contributed by atoms with Crippen LogP contribution in [0.15, 0.2) is 30.6 Å². The Kier molecular flexibility index (Phi) is 5.15. The molecule has 2 aromatic rings. The number of carbonyl (C=O) groups excluding carboxylic acids is 1. The number of rotatable bonds is 6. The number of aromatic nitrogens is 2. The van der Waals surface area contributed by atoms with Gasteiger partial charge in [0.25, 0.3) is 0 Å². The van der Waals surface area contributed by atoms with Crippen LogP contribution >= 0.6 is 0 Å². The number of hydrogen-bond acceptors (Lipinski definition) is 4. The molecule has 0 saturated carbocycles. The van der Waals surface area contributed by atoms with Gasteiger partial charge in [0, 0.05) is 18.8 Å². The van der Waals surface area contributed by atoms with Crippen LogP contribution in [0.25, 0.3) is 11.1 Å². The lowest BCUT2D eigenvalue weighted by molar-refractivity contribution is -0.125. The first-order valence-electron chi connectivity index (χ1n) is 8.24. The highest BCUT2D eigenvalue weighted by Crippen LogP contribution is 2.22. The number of aryl methyl sites for hydroxylation is 1. The maximum Gasteiger partial charge on any atom is 0.237 e. The molecule has 6 nitrogen and oxygen atoms in total. The lowest BCUT2D eigenvalue weighted by atomic mass is 10.1. The molecule has 1 aromatic heterocycles. The lowest BCUT2D eigenvalue weighted by Crippen LogP contribution is -2.42. The summed E-state index contributed by atoms with van der Waals surface area (Å²) in [6, 6.07) is 8.75. The lowest BCUT2D eigenvalue weighted by Gasteiger charge is -2.18. The maximum atomic E-state index is 12.1. The smallest absolute Gasteiger partial charge is 0.237 e. The topological polar surface area (TPSA) is 59.4 Å². The molecule has 1 aromatic carbocycles. The first-order valence-corrected chi connectivity index (χ1v) is 8.24. The number of likely N-dealkylation sites (N-methyl/N-ethyl adjacent to an activating group) is 1. The predicted molar refractivity (Wildman–Crippen MR) is 91.6 cm³/mol. The summed E-state index contributed by atoms with van der Waals surface area (Å²) in [6.45, 7) is 1.93. The zero-order chi connectivity index (χ0) is 16.9. The molecule has 1 radical (unpaired) electrons. The second-order valence-electron chi connectivity index (χ2n) is 6.14. The highest BCUT2D eigenvalue weighted by Gasteiger charge is 2.27. The van der Waals surface area contributed by atoms with Crippen LogP contribution in [0.2, 0.25) is 0 Å². The molecule has 0 aliphatic carbocycles. The Morgan fingerprint density at radius 2 is 2.29 bits per heavy atom. The van der Waals surface area contributed by atoms with E-state index in [1.165, 1.54) is 0 Å². The average Bonchev–Trinajstić information content (AvgIpc) is 3.20. The van der Waals surface area contributed by atoms with Gasteiger partial charge in [0.15, 0.2) is 0 Å². The summed E-state index contributed by atoms with van der Waals surface area (Å²) in [4.78, 5) is 14.2. The van der Waals surface area contributed by atoms with E-state index >= 15 is 0 Å². The van der Waals surface area contributed by atoms with Crippen LogP contribution in [0.5, 0.6) is 5.75 Å². The minimum atomic E-state index is 0.00671. The molecule has 127 valence electrons. The molecule has 1 atom stereocenters. The van der Waals surface area contributed by atoms with Gasteiger partial charge < -0.3 is 10.1 Å². The Morgan fingerprint density at radius 3 is 3.00 bits per heavy atom.